The van der Waals surface area contributed by atoms with E-state index in [1.165, 1.54) is 26.5 Å². The Bertz CT molecular complexity index is 229. The lowest BCUT2D eigenvalue weighted by Gasteiger charge is -2.21. The van der Waals surface area contributed by atoms with Crippen LogP contribution in [0.5, 0.6) is 0 Å². The minimum Gasteiger partial charge on any atom is -0.468 e. The van der Waals surface area contributed by atoms with E-state index in [2.05, 4.69) is 24.2 Å². The van der Waals surface area contributed by atoms with Gasteiger partial charge in [0.25, 0.3) is 0 Å². The third-order valence-corrected chi connectivity index (χ3v) is 3.19. The van der Waals surface area contributed by atoms with Crippen molar-refractivity contribution in [2.24, 2.45) is 5.92 Å². The van der Waals surface area contributed by atoms with Gasteiger partial charge in [0.2, 0.25) is 0 Å². The predicted octanol–water partition coefficient (Wildman–Crippen LogP) is 1.26. The normalized spacial score (nSPS) is 17.2. The summed E-state index contributed by atoms with van der Waals surface area (Å²) in [5.41, 5.74) is 0. The molecule has 1 saturated carbocycles. The molecule has 100 valence electrons. The van der Waals surface area contributed by atoms with Crippen molar-refractivity contribution in [3.63, 3.8) is 0 Å². The van der Waals surface area contributed by atoms with Gasteiger partial charge >= 0.3 is 5.97 Å². The van der Waals surface area contributed by atoms with Crippen molar-refractivity contribution in [1.29, 1.82) is 0 Å². The Labute approximate surface area is 105 Å². The summed E-state index contributed by atoms with van der Waals surface area (Å²) in [5, 5.41) is 3.24. The first kappa shape index (κ1) is 14.5. The maximum atomic E-state index is 11.6. The number of hydrogen-bond acceptors (Lipinski definition) is 4. The van der Waals surface area contributed by atoms with Crippen LogP contribution in [0.1, 0.15) is 32.6 Å². The van der Waals surface area contributed by atoms with Gasteiger partial charge in [-0.15, -0.1) is 0 Å². The van der Waals surface area contributed by atoms with Crippen molar-refractivity contribution in [3.05, 3.63) is 0 Å². The molecule has 1 aliphatic carbocycles. The minimum absolute atomic E-state index is 0.140. The third kappa shape index (κ3) is 6.03. The number of methoxy groups -OCH3 is 1. The van der Waals surface area contributed by atoms with Crippen LogP contribution in [0.4, 0.5) is 0 Å². The Morgan fingerprint density at radius 1 is 1.53 bits per heavy atom. The Morgan fingerprint density at radius 2 is 2.24 bits per heavy atom. The summed E-state index contributed by atoms with van der Waals surface area (Å²) in [6, 6.07) is -0.151. The van der Waals surface area contributed by atoms with Crippen LogP contribution in [-0.4, -0.2) is 50.7 Å². The highest BCUT2D eigenvalue weighted by atomic mass is 16.5. The first-order valence-electron chi connectivity index (χ1n) is 6.67. The van der Waals surface area contributed by atoms with Crippen LogP contribution in [0.3, 0.4) is 0 Å². The molecule has 0 aromatic carbocycles. The number of esters is 1. The molecule has 1 rings (SSSR count). The van der Waals surface area contributed by atoms with Crippen LogP contribution in [-0.2, 0) is 9.53 Å². The van der Waals surface area contributed by atoms with Crippen LogP contribution in [0.2, 0.25) is 0 Å². The number of nitrogens with one attached hydrogen (secondary N) is 1. The van der Waals surface area contributed by atoms with E-state index < -0.39 is 0 Å². The molecule has 1 unspecified atom stereocenters. The second kappa shape index (κ2) is 7.67. The monoisotopic (exact) mass is 242 g/mol. The van der Waals surface area contributed by atoms with Gasteiger partial charge in [-0.3, -0.25) is 4.79 Å². The van der Waals surface area contributed by atoms with E-state index in [9.17, 15) is 4.79 Å². The standard InChI is InChI=1S/C13H26N2O2/c1-4-8-14-12(13(16)17-3)7-9-15(2)10-11-5-6-11/h11-12,14H,4-10H2,1-3H3. The topological polar surface area (TPSA) is 41.6 Å². The molecule has 1 aliphatic rings. The van der Waals surface area contributed by atoms with Crippen molar-refractivity contribution < 1.29 is 9.53 Å². The average Bonchev–Trinajstić information content (AvgIpc) is 3.12. The number of carbonyl (C=O) groups excluding carboxylic acids is 1. The van der Waals surface area contributed by atoms with Crippen molar-refractivity contribution in [2.75, 3.05) is 33.8 Å². The van der Waals surface area contributed by atoms with Gasteiger partial charge < -0.3 is 15.0 Å². The van der Waals surface area contributed by atoms with Crippen molar-refractivity contribution >= 4 is 5.97 Å². The molecule has 0 aromatic heterocycles. The third-order valence-electron chi connectivity index (χ3n) is 3.19. The Kier molecular flexibility index (Phi) is 6.52. The minimum atomic E-state index is -0.151. The molecule has 17 heavy (non-hydrogen) atoms. The Morgan fingerprint density at radius 3 is 2.76 bits per heavy atom. The highest BCUT2D eigenvalue weighted by Crippen LogP contribution is 2.29. The van der Waals surface area contributed by atoms with Gasteiger partial charge in [0.05, 0.1) is 7.11 Å². The SMILES string of the molecule is CCCNC(CCN(C)CC1CC1)C(=O)OC. The molecular formula is C13H26N2O2. The lowest BCUT2D eigenvalue weighted by molar-refractivity contribution is -0.143. The molecule has 1 fully saturated rings. The predicted molar refractivity (Wildman–Crippen MR) is 68.9 cm³/mol. The molecule has 1 N–H and O–H groups in total. The smallest absolute Gasteiger partial charge is 0.322 e. The summed E-state index contributed by atoms with van der Waals surface area (Å²) in [5.74, 6) is 0.762. The van der Waals surface area contributed by atoms with Gasteiger partial charge in [-0.2, -0.15) is 0 Å². The van der Waals surface area contributed by atoms with E-state index in [1.54, 1.807) is 0 Å². The molecule has 0 bridgehead atoms. The molecule has 4 heteroatoms. The second-order valence-corrected chi connectivity index (χ2v) is 5.02. The zero-order chi connectivity index (χ0) is 12.7. The quantitative estimate of drug-likeness (QED) is 0.618. The first-order valence-corrected chi connectivity index (χ1v) is 6.67. The Balaban J connectivity index is 2.23. The van der Waals surface area contributed by atoms with E-state index in [-0.39, 0.29) is 12.0 Å². The number of nitrogens with zero attached hydrogens (tertiary/aromatic N) is 1. The summed E-state index contributed by atoms with van der Waals surface area (Å²) in [4.78, 5) is 13.9. The molecular weight excluding hydrogens is 216 g/mol. The van der Waals surface area contributed by atoms with E-state index >= 15 is 0 Å². The van der Waals surface area contributed by atoms with Gasteiger partial charge in [0.15, 0.2) is 0 Å². The summed E-state index contributed by atoms with van der Waals surface area (Å²) in [7, 11) is 3.59. The van der Waals surface area contributed by atoms with E-state index in [0.29, 0.717) is 0 Å². The highest BCUT2D eigenvalue weighted by Gasteiger charge is 2.24. The average molecular weight is 242 g/mol. The van der Waals surface area contributed by atoms with Crippen LogP contribution in [0, 0.1) is 5.92 Å². The summed E-state index contributed by atoms with van der Waals surface area (Å²) in [6.07, 6.45) is 4.61. The molecule has 1 atom stereocenters. The van der Waals surface area contributed by atoms with Gasteiger partial charge in [0, 0.05) is 6.54 Å². The number of rotatable bonds is 9. The number of hydrogen-bond donors (Lipinski definition) is 1. The highest BCUT2D eigenvalue weighted by molar-refractivity contribution is 5.75. The summed E-state index contributed by atoms with van der Waals surface area (Å²) >= 11 is 0. The fourth-order valence-electron chi connectivity index (χ4n) is 1.95. The maximum absolute atomic E-state index is 11.6. The zero-order valence-corrected chi connectivity index (χ0v) is 11.4. The van der Waals surface area contributed by atoms with Crippen LogP contribution in [0.25, 0.3) is 0 Å². The molecule has 0 saturated heterocycles. The molecule has 0 spiro atoms. The summed E-state index contributed by atoms with van der Waals surface area (Å²) in [6.45, 7) is 5.08. The maximum Gasteiger partial charge on any atom is 0.322 e. The fourth-order valence-corrected chi connectivity index (χ4v) is 1.95. The molecule has 0 amide bonds. The molecule has 0 aliphatic heterocycles. The van der Waals surface area contributed by atoms with Crippen LogP contribution >= 0.6 is 0 Å². The van der Waals surface area contributed by atoms with Gasteiger partial charge in [0.1, 0.15) is 6.04 Å². The molecule has 0 radical (unpaired) electrons. The van der Waals surface area contributed by atoms with Gasteiger partial charge in [-0.1, -0.05) is 6.92 Å². The molecule has 0 aromatic rings. The van der Waals surface area contributed by atoms with Crippen LogP contribution < -0.4 is 5.32 Å². The summed E-state index contributed by atoms with van der Waals surface area (Å²) < 4.78 is 4.82. The van der Waals surface area contributed by atoms with E-state index in [1.807, 2.05) is 0 Å². The van der Waals surface area contributed by atoms with Crippen molar-refractivity contribution in [3.8, 4) is 0 Å². The van der Waals surface area contributed by atoms with Crippen molar-refractivity contribution in [2.45, 2.75) is 38.6 Å². The molecule has 0 heterocycles. The van der Waals surface area contributed by atoms with E-state index in [4.69, 9.17) is 4.74 Å². The number of ether oxygens (including phenoxy) is 1. The van der Waals surface area contributed by atoms with Gasteiger partial charge in [-0.25, -0.2) is 0 Å². The first-order chi connectivity index (χ1) is 8.17. The molecule has 4 nitrogen and oxygen atoms in total. The number of carbonyl (C=O) groups is 1. The van der Waals surface area contributed by atoms with Gasteiger partial charge in [-0.05, 0) is 51.7 Å². The van der Waals surface area contributed by atoms with Crippen LogP contribution in [0.15, 0.2) is 0 Å². The zero-order valence-electron chi connectivity index (χ0n) is 11.4. The lowest BCUT2D eigenvalue weighted by atomic mass is 10.2. The largest absolute Gasteiger partial charge is 0.468 e. The van der Waals surface area contributed by atoms with Crippen molar-refractivity contribution in [1.82, 2.24) is 10.2 Å². The fraction of sp³-hybridized carbons (Fsp3) is 0.923. The lowest BCUT2D eigenvalue weighted by Crippen LogP contribution is -2.40. The second-order valence-electron chi connectivity index (χ2n) is 5.02. The Hall–Kier alpha value is -0.610. The van der Waals surface area contributed by atoms with E-state index in [0.717, 1.165) is 31.8 Å².